The molecule has 0 unspecified atom stereocenters. The van der Waals surface area contributed by atoms with Gasteiger partial charge < -0.3 is 29.5 Å². The van der Waals surface area contributed by atoms with E-state index >= 15 is 0 Å². The van der Waals surface area contributed by atoms with Gasteiger partial charge in [-0.1, -0.05) is 23.2 Å². The van der Waals surface area contributed by atoms with Gasteiger partial charge in [-0.15, -0.1) is 0 Å². The van der Waals surface area contributed by atoms with E-state index in [2.05, 4.69) is 20.2 Å². The van der Waals surface area contributed by atoms with Crippen molar-refractivity contribution < 1.29 is 23.5 Å². The number of hydrogen-bond acceptors (Lipinski definition) is 8. The molecular weight excluding hydrogens is 598 g/mol. The third kappa shape index (κ3) is 15.4. The number of anilines is 1. The minimum atomic E-state index is -0.505. The van der Waals surface area contributed by atoms with Crippen LogP contribution >= 0.6 is 23.2 Å². The molecule has 0 bridgehead atoms. The van der Waals surface area contributed by atoms with Crippen LogP contribution in [0.15, 0.2) is 36.7 Å². The van der Waals surface area contributed by atoms with Crippen LogP contribution < -0.4 is 10.2 Å². The fourth-order valence-corrected chi connectivity index (χ4v) is 4.15. The Morgan fingerprint density at radius 2 is 1.30 bits per heavy atom. The summed E-state index contributed by atoms with van der Waals surface area (Å²) in [5.74, 6) is 0.389. The summed E-state index contributed by atoms with van der Waals surface area (Å²) in [5.41, 5.74) is -0.850. The Kier molecular flexibility index (Phi) is 14.7. The number of ether oxygens (including phenoxy) is 2. The molecule has 43 heavy (non-hydrogen) atoms. The molecule has 1 N–H and O–H groups in total. The third-order valence-corrected chi connectivity index (χ3v) is 6.31. The number of halogens is 3. The maximum Gasteiger partial charge on any atom is 0.410 e. The van der Waals surface area contributed by atoms with Crippen LogP contribution in [0, 0.1) is 5.95 Å². The molecular formula is C30H45Cl2FN6O4. The van der Waals surface area contributed by atoms with Crippen LogP contribution in [0.3, 0.4) is 0 Å². The number of nitrogens with one attached hydrogen (secondary N) is 1. The Balaban J connectivity index is 0.000000251. The van der Waals surface area contributed by atoms with Gasteiger partial charge in [0.25, 0.3) is 0 Å². The maximum absolute atomic E-state index is 12.1. The van der Waals surface area contributed by atoms with E-state index in [9.17, 15) is 14.0 Å². The van der Waals surface area contributed by atoms with Crippen molar-refractivity contribution in [2.24, 2.45) is 0 Å². The fourth-order valence-electron chi connectivity index (χ4n) is 3.92. The summed E-state index contributed by atoms with van der Waals surface area (Å²) in [6.07, 6.45) is 4.36. The SMILES string of the molecule is CC(C)(C)OC(=O)N1CCCN(c2ccc(Cl)cn2)CC1.CC(C)(C)OC(=O)N1CCCNCC1.Fc1ccc(Cl)cn1. The van der Waals surface area contributed by atoms with Crippen LogP contribution in [-0.4, -0.2) is 95.5 Å². The summed E-state index contributed by atoms with van der Waals surface area (Å²) in [6.45, 7) is 17.7. The molecule has 10 nitrogen and oxygen atoms in total. The molecule has 0 spiro atoms. The smallest absolute Gasteiger partial charge is 0.410 e. The van der Waals surface area contributed by atoms with Crippen molar-refractivity contribution >= 4 is 41.2 Å². The Morgan fingerprint density at radius 3 is 1.81 bits per heavy atom. The number of aromatic nitrogens is 2. The zero-order valence-electron chi connectivity index (χ0n) is 26.0. The average Bonchev–Trinajstić information content (AvgIpc) is 3.34. The van der Waals surface area contributed by atoms with Crippen LogP contribution in [0.1, 0.15) is 54.4 Å². The van der Waals surface area contributed by atoms with Gasteiger partial charge in [-0.25, -0.2) is 19.6 Å². The first-order valence-corrected chi connectivity index (χ1v) is 15.2. The monoisotopic (exact) mass is 642 g/mol. The second-order valence-electron chi connectivity index (χ2n) is 12.0. The molecule has 0 aliphatic carbocycles. The predicted octanol–water partition coefficient (Wildman–Crippen LogP) is 6.27. The number of pyridine rings is 2. The molecule has 13 heteroatoms. The highest BCUT2D eigenvalue weighted by atomic mass is 35.5. The van der Waals surface area contributed by atoms with Crippen molar-refractivity contribution in [3.05, 3.63) is 52.7 Å². The van der Waals surface area contributed by atoms with Gasteiger partial charge in [0.1, 0.15) is 17.0 Å². The summed E-state index contributed by atoms with van der Waals surface area (Å²) in [6, 6.07) is 6.40. The summed E-state index contributed by atoms with van der Waals surface area (Å²) in [7, 11) is 0. The van der Waals surface area contributed by atoms with Crippen molar-refractivity contribution in [3.63, 3.8) is 0 Å². The molecule has 2 aliphatic rings. The fraction of sp³-hybridized carbons (Fsp3) is 0.600. The van der Waals surface area contributed by atoms with Crippen LogP contribution in [0.2, 0.25) is 10.0 Å². The molecule has 0 atom stereocenters. The van der Waals surface area contributed by atoms with Gasteiger partial charge in [0.05, 0.1) is 10.0 Å². The predicted molar refractivity (Wildman–Crippen MR) is 168 cm³/mol. The van der Waals surface area contributed by atoms with Gasteiger partial charge in [0.2, 0.25) is 5.95 Å². The Hall–Kier alpha value is -2.89. The number of rotatable bonds is 1. The first-order valence-electron chi connectivity index (χ1n) is 14.4. The molecule has 0 saturated carbocycles. The largest absolute Gasteiger partial charge is 0.444 e. The first kappa shape index (κ1) is 36.3. The lowest BCUT2D eigenvalue weighted by Gasteiger charge is -2.26. The van der Waals surface area contributed by atoms with Gasteiger partial charge in [0.15, 0.2) is 0 Å². The molecule has 2 aromatic rings. The molecule has 2 aromatic heterocycles. The van der Waals surface area contributed by atoms with E-state index in [-0.39, 0.29) is 12.2 Å². The summed E-state index contributed by atoms with van der Waals surface area (Å²) < 4.78 is 22.6. The van der Waals surface area contributed by atoms with Crippen LogP contribution in [0.5, 0.6) is 0 Å². The lowest BCUT2D eigenvalue weighted by molar-refractivity contribution is 0.0252. The number of carbonyl (C=O) groups excluding carboxylic acids is 2. The van der Waals surface area contributed by atoms with Crippen LogP contribution in [0.4, 0.5) is 19.8 Å². The maximum atomic E-state index is 12.1. The van der Waals surface area contributed by atoms with E-state index in [4.69, 9.17) is 32.7 Å². The van der Waals surface area contributed by atoms with Crippen molar-refractivity contribution in [1.29, 1.82) is 0 Å². The summed E-state index contributed by atoms with van der Waals surface area (Å²) >= 11 is 11.2. The Bertz CT molecular complexity index is 1100. The molecule has 2 amide bonds. The Morgan fingerprint density at radius 1 is 0.744 bits per heavy atom. The average molecular weight is 644 g/mol. The van der Waals surface area contributed by atoms with Gasteiger partial charge >= 0.3 is 12.2 Å². The van der Waals surface area contributed by atoms with E-state index in [1.54, 1.807) is 16.0 Å². The standard InChI is InChI=1S/C15H22ClN3O2.C10H20N2O2.C5H3ClFN/c1-15(2,3)21-14(20)19-8-4-7-18(9-10-19)13-6-5-12(16)11-17-13;1-10(2,3)14-9(13)12-7-4-5-11-6-8-12;6-4-1-2-5(7)8-3-4/h5-6,11H,4,7-10H2,1-3H3;11H,4-8H2,1-3H3;1-3H. The van der Waals surface area contributed by atoms with Gasteiger partial charge in [-0.2, -0.15) is 4.39 Å². The molecule has 2 saturated heterocycles. The highest BCUT2D eigenvalue weighted by Gasteiger charge is 2.25. The normalized spacial score (nSPS) is 16.0. The van der Waals surface area contributed by atoms with Gasteiger partial charge in [0, 0.05) is 58.2 Å². The molecule has 0 radical (unpaired) electrons. The van der Waals surface area contributed by atoms with Gasteiger partial charge in [-0.05, 0) is 85.2 Å². The van der Waals surface area contributed by atoms with Crippen molar-refractivity contribution in [2.75, 3.05) is 57.3 Å². The zero-order valence-corrected chi connectivity index (χ0v) is 27.5. The van der Waals surface area contributed by atoms with Crippen LogP contribution in [0.25, 0.3) is 0 Å². The second kappa shape index (κ2) is 17.4. The Labute approximate surface area is 264 Å². The third-order valence-electron chi connectivity index (χ3n) is 5.87. The van der Waals surface area contributed by atoms with E-state index < -0.39 is 17.1 Å². The van der Waals surface area contributed by atoms with Crippen LogP contribution in [-0.2, 0) is 9.47 Å². The molecule has 240 valence electrons. The first-order chi connectivity index (χ1) is 20.1. The van der Waals surface area contributed by atoms with E-state index in [0.29, 0.717) is 23.1 Å². The lowest BCUT2D eigenvalue weighted by Crippen LogP contribution is -2.39. The number of carbonyl (C=O) groups is 2. The van der Waals surface area contributed by atoms with Crippen molar-refractivity contribution in [3.8, 4) is 0 Å². The lowest BCUT2D eigenvalue weighted by atomic mass is 10.2. The van der Waals surface area contributed by atoms with E-state index in [1.807, 2.05) is 53.7 Å². The minimum Gasteiger partial charge on any atom is -0.444 e. The number of nitrogens with zero attached hydrogens (tertiary/aromatic N) is 5. The molecule has 2 fully saturated rings. The zero-order chi connectivity index (χ0) is 32.0. The molecule has 2 aliphatic heterocycles. The van der Waals surface area contributed by atoms with Crippen molar-refractivity contribution in [1.82, 2.24) is 25.1 Å². The summed E-state index contributed by atoms with van der Waals surface area (Å²) in [5, 5.41) is 4.32. The number of hydrogen-bond donors (Lipinski definition) is 1. The molecule has 4 heterocycles. The van der Waals surface area contributed by atoms with E-state index in [1.165, 1.54) is 18.3 Å². The summed E-state index contributed by atoms with van der Waals surface area (Å²) in [4.78, 5) is 37.1. The number of amides is 2. The minimum absolute atomic E-state index is 0.193. The van der Waals surface area contributed by atoms with Crippen molar-refractivity contribution in [2.45, 2.75) is 65.6 Å². The highest BCUT2D eigenvalue weighted by Crippen LogP contribution is 2.18. The van der Waals surface area contributed by atoms with Gasteiger partial charge in [-0.3, -0.25) is 0 Å². The second-order valence-corrected chi connectivity index (χ2v) is 12.9. The molecule has 0 aromatic carbocycles. The quantitative estimate of drug-likeness (QED) is 0.363. The topological polar surface area (TPSA) is 100 Å². The molecule has 4 rings (SSSR count). The van der Waals surface area contributed by atoms with E-state index in [0.717, 1.165) is 57.9 Å². The highest BCUT2D eigenvalue weighted by molar-refractivity contribution is 6.30.